The largest absolute Gasteiger partial charge is 0.368 e. The van der Waals surface area contributed by atoms with Crippen LogP contribution in [-0.4, -0.2) is 19.6 Å². The molecule has 0 aliphatic heterocycles. The zero-order valence-corrected chi connectivity index (χ0v) is 9.86. The van der Waals surface area contributed by atoms with Gasteiger partial charge in [-0.1, -0.05) is 0 Å². The van der Waals surface area contributed by atoms with Gasteiger partial charge in [0, 0.05) is 19.6 Å². The molecule has 0 heterocycles. The predicted octanol–water partition coefficient (Wildman–Crippen LogP) is 1.87. The molecule has 1 saturated carbocycles. The minimum atomic E-state index is -0.356. The second-order valence-electron chi connectivity index (χ2n) is 4.53. The Morgan fingerprint density at radius 3 is 2.76 bits per heavy atom. The first-order chi connectivity index (χ1) is 8.17. The molecule has 3 nitrogen and oxygen atoms in total. The Kier molecular flexibility index (Phi) is 3.30. The molecule has 0 saturated heterocycles. The van der Waals surface area contributed by atoms with Gasteiger partial charge in [0.25, 0.3) is 0 Å². The number of benzene rings is 1. The van der Waals surface area contributed by atoms with Gasteiger partial charge < -0.3 is 10.6 Å². The quantitative estimate of drug-likeness (QED) is 0.863. The third-order valence-corrected chi connectivity index (χ3v) is 3.36. The SMILES string of the molecule is CN(c1ccc(C#N)cc1F)C(CN)C1CC1. The number of rotatable bonds is 4. The lowest BCUT2D eigenvalue weighted by Crippen LogP contribution is -2.40. The number of hydrogen-bond acceptors (Lipinski definition) is 3. The van der Waals surface area contributed by atoms with E-state index in [1.54, 1.807) is 12.1 Å². The van der Waals surface area contributed by atoms with Gasteiger partial charge in [-0.3, -0.25) is 0 Å². The number of anilines is 1. The van der Waals surface area contributed by atoms with Gasteiger partial charge in [0.1, 0.15) is 5.82 Å². The summed E-state index contributed by atoms with van der Waals surface area (Å²) in [5, 5.41) is 8.69. The first-order valence-electron chi connectivity index (χ1n) is 5.80. The van der Waals surface area contributed by atoms with Crippen LogP contribution in [0.3, 0.4) is 0 Å². The van der Waals surface area contributed by atoms with E-state index in [-0.39, 0.29) is 11.9 Å². The van der Waals surface area contributed by atoms with E-state index in [1.807, 2.05) is 18.0 Å². The normalized spacial score (nSPS) is 16.4. The first kappa shape index (κ1) is 11.9. The van der Waals surface area contributed by atoms with Crippen LogP contribution >= 0.6 is 0 Å². The van der Waals surface area contributed by atoms with Gasteiger partial charge in [0.05, 0.1) is 17.3 Å². The molecule has 0 aromatic heterocycles. The summed E-state index contributed by atoms with van der Waals surface area (Å²) in [4.78, 5) is 1.90. The van der Waals surface area contributed by atoms with Gasteiger partial charge in [-0.2, -0.15) is 5.26 Å². The fraction of sp³-hybridized carbons (Fsp3) is 0.462. The fourth-order valence-electron chi connectivity index (χ4n) is 2.19. The van der Waals surface area contributed by atoms with Crippen molar-refractivity contribution < 1.29 is 4.39 Å². The molecule has 1 aliphatic rings. The highest BCUT2D eigenvalue weighted by atomic mass is 19.1. The molecule has 0 amide bonds. The van der Waals surface area contributed by atoms with E-state index in [0.29, 0.717) is 23.7 Å². The van der Waals surface area contributed by atoms with Crippen molar-refractivity contribution in [3.8, 4) is 6.07 Å². The van der Waals surface area contributed by atoms with Crippen LogP contribution in [0.15, 0.2) is 18.2 Å². The maximum atomic E-state index is 13.8. The highest BCUT2D eigenvalue weighted by Gasteiger charge is 2.33. The fourth-order valence-corrected chi connectivity index (χ4v) is 2.19. The summed E-state index contributed by atoms with van der Waals surface area (Å²) in [6.07, 6.45) is 2.34. The molecule has 1 aromatic carbocycles. The van der Waals surface area contributed by atoms with Crippen LogP contribution in [0.1, 0.15) is 18.4 Å². The molecule has 90 valence electrons. The summed E-state index contributed by atoms with van der Waals surface area (Å²) in [7, 11) is 1.86. The summed E-state index contributed by atoms with van der Waals surface area (Å²) in [6, 6.07) is 6.68. The lowest BCUT2D eigenvalue weighted by atomic mass is 10.1. The molecule has 0 radical (unpaired) electrons. The molecule has 1 aliphatic carbocycles. The van der Waals surface area contributed by atoms with Crippen LogP contribution in [0.5, 0.6) is 0 Å². The van der Waals surface area contributed by atoms with Crippen molar-refractivity contribution in [3.05, 3.63) is 29.6 Å². The number of nitrogens with zero attached hydrogens (tertiary/aromatic N) is 2. The third kappa shape index (κ3) is 2.40. The van der Waals surface area contributed by atoms with Crippen LogP contribution in [0.25, 0.3) is 0 Å². The highest BCUT2D eigenvalue weighted by molar-refractivity contribution is 5.51. The Balaban J connectivity index is 2.23. The Labute approximate surface area is 101 Å². The topological polar surface area (TPSA) is 53.0 Å². The maximum absolute atomic E-state index is 13.8. The number of likely N-dealkylation sites (N-methyl/N-ethyl adjacent to an activating group) is 1. The molecule has 2 N–H and O–H groups in total. The van der Waals surface area contributed by atoms with Crippen LogP contribution in [0.4, 0.5) is 10.1 Å². The molecular formula is C13H16FN3. The number of halogens is 1. The van der Waals surface area contributed by atoms with Gasteiger partial charge in [0.2, 0.25) is 0 Å². The summed E-state index contributed by atoms with van der Waals surface area (Å²) < 4.78 is 13.8. The van der Waals surface area contributed by atoms with E-state index >= 15 is 0 Å². The molecular weight excluding hydrogens is 217 g/mol. The van der Waals surface area contributed by atoms with Crippen molar-refractivity contribution in [2.45, 2.75) is 18.9 Å². The van der Waals surface area contributed by atoms with E-state index in [4.69, 9.17) is 11.0 Å². The predicted molar refractivity (Wildman–Crippen MR) is 65.1 cm³/mol. The second kappa shape index (κ2) is 4.72. The van der Waals surface area contributed by atoms with E-state index in [0.717, 1.165) is 0 Å². The van der Waals surface area contributed by atoms with Gasteiger partial charge in [-0.15, -0.1) is 0 Å². The third-order valence-electron chi connectivity index (χ3n) is 3.36. The Morgan fingerprint density at radius 1 is 1.59 bits per heavy atom. The summed E-state index contributed by atoms with van der Waals surface area (Å²) in [5.74, 6) is 0.227. The zero-order chi connectivity index (χ0) is 12.4. The Bertz CT molecular complexity index is 448. The Hall–Kier alpha value is -1.60. The standard InChI is InChI=1S/C13H16FN3/c1-17(13(8-16)10-3-4-10)12-5-2-9(7-15)6-11(12)14/h2,5-6,10,13H,3-4,8,16H2,1H3. The minimum Gasteiger partial charge on any atom is -0.368 e. The molecule has 0 bridgehead atoms. The van der Waals surface area contributed by atoms with Crippen molar-refractivity contribution in [2.75, 3.05) is 18.5 Å². The van der Waals surface area contributed by atoms with Crippen molar-refractivity contribution in [2.24, 2.45) is 11.7 Å². The lowest BCUT2D eigenvalue weighted by molar-refractivity contribution is 0.551. The van der Waals surface area contributed by atoms with Gasteiger partial charge in [-0.05, 0) is 37.0 Å². The van der Waals surface area contributed by atoms with Crippen molar-refractivity contribution in [1.82, 2.24) is 0 Å². The second-order valence-corrected chi connectivity index (χ2v) is 4.53. The Morgan fingerprint density at radius 2 is 2.29 bits per heavy atom. The van der Waals surface area contributed by atoms with Crippen LogP contribution in [-0.2, 0) is 0 Å². The molecule has 0 spiro atoms. The van der Waals surface area contributed by atoms with Crippen LogP contribution < -0.4 is 10.6 Å². The maximum Gasteiger partial charge on any atom is 0.147 e. The molecule has 1 unspecified atom stereocenters. The average molecular weight is 233 g/mol. The molecule has 1 aromatic rings. The monoisotopic (exact) mass is 233 g/mol. The molecule has 1 fully saturated rings. The smallest absolute Gasteiger partial charge is 0.147 e. The molecule has 2 rings (SSSR count). The van der Waals surface area contributed by atoms with E-state index in [2.05, 4.69) is 0 Å². The minimum absolute atomic E-state index is 0.192. The number of hydrogen-bond donors (Lipinski definition) is 1. The zero-order valence-electron chi connectivity index (χ0n) is 9.86. The van der Waals surface area contributed by atoms with Gasteiger partial charge in [0.15, 0.2) is 0 Å². The molecule has 1 atom stereocenters. The average Bonchev–Trinajstić information content (AvgIpc) is 3.14. The summed E-state index contributed by atoms with van der Waals surface area (Å²) in [5.41, 5.74) is 6.60. The van der Waals surface area contributed by atoms with Gasteiger partial charge >= 0.3 is 0 Å². The molecule has 17 heavy (non-hydrogen) atoms. The first-order valence-corrected chi connectivity index (χ1v) is 5.80. The highest BCUT2D eigenvalue weighted by Crippen LogP contribution is 2.36. The van der Waals surface area contributed by atoms with Crippen LogP contribution in [0, 0.1) is 23.1 Å². The molecule has 4 heteroatoms. The van der Waals surface area contributed by atoms with E-state index in [9.17, 15) is 4.39 Å². The van der Waals surface area contributed by atoms with Gasteiger partial charge in [-0.25, -0.2) is 4.39 Å². The van der Waals surface area contributed by atoms with Crippen molar-refractivity contribution in [3.63, 3.8) is 0 Å². The number of nitriles is 1. The van der Waals surface area contributed by atoms with E-state index in [1.165, 1.54) is 18.9 Å². The van der Waals surface area contributed by atoms with Crippen LogP contribution in [0.2, 0.25) is 0 Å². The summed E-state index contributed by atoms with van der Waals surface area (Å²) >= 11 is 0. The van der Waals surface area contributed by atoms with Crippen molar-refractivity contribution >= 4 is 5.69 Å². The summed E-state index contributed by atoms with van der Waals surface area (Å²) in [6.45, 7) is 0.528. The number of nitrogens with two attached hydrogens (primary N) is 1. The van der Waals surface area contributed by atoms with Crippen molar-refractivity contribution in [1.29, 1.82) is 5.26 Å². The lowest BCUT2D eigenvalue weighted by Gasteiger charge is -2.29. The van der Waals surface area contributed by atoms with E-state index < -0.39 is 0 Å².